The van der Waals surface area contributed by atoms with E-state index in [4.69, 9.17) is 4.74 Å². The molecule has 0 spiro atoms. The minimum Gasteiger partial charge on any atom is -0.486 e. The predicted octanol–water partition coefficient (Wildman–Crippen LogP) is 3.28. The van der Waals surface area contributed by atoms with Crippen molar-refractivity contribution in [3.8, 4) is 5.75 Å². The first-order valence-electron chi connectivity index (χ1n) is 5.16. The molecular formula is C12H11NO3S. The number of para-hydroxylation sites is 2. The minimum atomic E-state index is -0.430. The van der Waals surface area contributed by atoms with Crippen LogP contribution in [0.4, 0.5) is 5.69 Å². The summed E-state index contributed by atoms with van der Waals surface area (Å²) in [4.78, 5) is 11.5. The van der Waals surface area contributed by atoms with E-state index in [9.17, 15) is 10.1 Å². The first-order valence-corrected chi connectivity index (χ1v) is 6.04. The molecule has 0 bridgehead atoms. The number of ether oxygens (including phenoxy) is 1. The fourth-order valence-electron chi connectivity index (χ4n) is 1.45. The maximum absolute atomic E-state index is 10.7. The Balaban J connectivity index is 1.97. The molecule has 0 aliphatic rings. The van der Waals surface area contributed by atoms with Crippen LogP contribution in [0.3, 0.4) is 0 Å². The third-order valence-electron chi connectivity index (χ3n) is 2.25. The molecule has 0 aliphatic carbocycles. The summed E-state index contributed by atoms with van der Waals surface area (Å²) in [7, 11) is 0. The minimum absolute atomic E-state index is 0.0127. The molecule has 0 N–H and O–H groups in total. The van der Waals surface area contributed by atoms with Crippen molar-refractivity contribution in [1.29, 1.82) is 0 Å². The second-order valence-electron chi connectivity index (χ2n) is 3.40. The van der Waals surface area contributed by atoms with Crippen LogP contribution in [-0.2, 0) is 6.42 Å². The van der Waals surface area contributed by atoms with Gasteiger partial charge in [0, 0.05) is 17.4 Å². The Morgan fingerprint density at radius 3 is 2.76 bits per heavy atom. The molecule has 88 valence electrons. The van der Waals surface area contributed by atoms with Gasteiger partial charge in [0.25, 0.3) is 0 Å². The number of nitro groups is 1. The lowest BCUT2D eigenvalue weighted by atomic mass is 10.3. The number of nitro benzene ring substituents is 1. The summed E-state index contributed by atoms with van der Waals surface area (Å²) >= 11 is 1.65. The van der Waals surface area contributed by atoms with Gasteiger partial charge in [0.2, 0.25) is 0 Å². The van der Waals surface area contributed by atoms with Crippen LogP contribution in [0.2, 0.25) is 0 Å². The van der Waals surface area contributed by atoms with Crippen LogP contribution in [0.1, 0.15) is 4.88 Å². The summed E-state index contributed by atoms with van der Waals surface area (Å²) in [6.45, 7) is 0.450. The van der Waals surface area contributed by atoms with Crippen molar-refractivity contribution in [1.82, 2.24) is 0 Å². The van der Waals surface area contributed by atoms with Crippen LogP contribution in [0.5, 0.6) is 5.75 Å². The van der Waals surface area contributed by atoms with Crippen LogP contribution in [0.15, 0.2) is 41.8 Å². The summed E-state index contributed by atoms with van der Waals surface area (Å²) in [5.41, 5.74) is 0.0127. The lowest BCUT2D eigenvalue weighted by Gasteiger charge is -2.05. The molecule has 2 aromatic rings. The molecule has 0 unspecified atom stereocenters. The average Bonchev–Trinajstić information content (AvgIpc) is 2.82. The van der Waals surface area contributed by atoms with Crippen LogP contribution in [0, 0.1) is 10.1 Å². The Bertz CT molecular complexity index is 496. The highest BCUT2D eigenvalue weighted by atomic mass is 32.1. The number of benzene rings is 1. The van der Waals surface area contributed by atoms with Gasteiger partial charge in [-0.1, -0.05) is 18.2 Å². The van der Waals surface area contributed by atoms with Gasteiger partial charge in [-0.05, 0) is 17.5 Å². The normalized spacial score (nSPS) is 10.1. The smallest absolute Gasteiger partial charge is 0.310 e. The van der Waals surface area contributed by atoms with E-state index in [1.165, 1.54) is 10.9 Å². The molecule has 1 aromatic carbocycles. The SMILES string of the molecule is O=[N+]([O-])c1ccccc1OCCc1cccs1. The largest absolute Gasteiger partial charge is 0.486 e. The van der Waals surface area contributed by atoms with Crippen molar-refractivity contribution >= 4 is 17.0 Å². The average molecular weight is 249 g/mol. The molecule has 0 saturated heterocycles. The molecule has 1 aromatic heterocycles. The lowest BCUT2D eigenvalue weighted by molar-refractivity contribution is -0.385. The summed E-state index contributed by atoms with van der Waals surface area (Å²) < 4.78 is 5.44. The summed E-state index contributed by atoms with van der Waals surface area (Å²) in [6.07, 6.45) is 0.768. The van der Waals surface area contributed by atoms with Gasteiger partial charge >= 0.3 is 5.69 Å². The topological polar surface area (TPSA) is 52.4 Å². The Labute approximate surface area is 103 Å². The van der Waals surface area contributed by atoms with Crippen LogP contribution in [-0.4, -0.2) is 11.5 Å². The van der Waals surface area contributed by atoms with Gasteiger partial charge in [-0.3, -0.25) is 10.1 Å². The standard InChI is InChI=1S/C12H11NO3S/c14-13(15)11-5-1-2-6-12(11)16-8-7-10-4-3-9-17-10/h1-6,9H,7-8H2. The molecule has 5 heteroatoms. The molecule has 0 saturated carbocycles. The van der Waals surface area contributed by atoms with Crippen molar-refractivity contribution in [2.24, 2.45) is 0 Å². The molecule has 0 aliphatic heterocycles. The van der Waals surface area contributed by atoms with E-state index in [1.807, 2.05) is 17.5 Å². The zero-order valence-corrected chi connectivity index (χ0v) is 9.85. The van der Waals surface area contributed by atoms with Gasteiger partial charge in [0.05, 0.1) is 11.5 Å². The van der Waals surface area contributed by atoms with Crippen LogP contribution >= 0.6 is 11.3 Å². The maximum Gasteiger partial charge on any atom is 0.310 e. The molecule has 0 radical (unpaired) electrons. The fraction of sp³-hybridized carbons (Fsp3) is 0.167. The van der Waals surface area contributed by atoms with Gasteiger partial charge < -0.3 is 4.74 Å². The molecule has 4 nitrogen and oxygen atoms in total. The van der Waals surface area contributed by atoms with Crippen molar-refractivity contribution in [3.63, 3.8) is 0 Å². The number of rotatable bonds is 5. The van der Waals surface area contributed by atoms with Gasteiger partial charge in [0.15, 0.2) is 5.75 Å². The van der Waals surface area contributed by atoms with E-state index in [0.717, 1.165) is 6.42 Å². The highest BCUT2D eigenvalue weighted by Gasteiger charge is 2.13. The lowest BCUT2D eigenvalue weighted by Crippen LogP contribution is -2.02. The number of nitrogens with zero attached hydrogens (tertiary/aromatic N) is 1. The maximum atomic E-state index is 10.7. The van der Waals surface area contributed by atoms with Gasteiger partial charge in [-0.25, -0.2) is 0 Å². The summed E-state index contributed by atoms with van der Waals surface area (Å²) in [5, 5.41) is 12.7. The van der Waals surface area contributed by atoms with Gasteiger partial charge in [-0.2, -0.15) is 0 Å². The molecule has 0 atom stereocenters. The number of hydrogen-bond acceptors (Lipinski definition) is 4. The number of hydrogen-bond donors (Lipinski definition) is 0. The molecular weight excluding hydrogens is 238 g/mol. The zero-order chi connectivity index (χ0) is 12.1. The molecule has 17 heavy (non-hydrogen) atoms. The summed E-state index contributed by atoms with van der Waals surface area (Å²) in [6, 6.07) is 10.4. The first kappa shape index (κ1) is 11.6. The van der Waals surface area contributed by atoms with Crippen LogP contribution in [0.25, 0.3) is 0 Å². The van der Waals surface area contributed by atoms with Crippen molar-refractivity contribution in [2.45, 2.75) is 6.42 Å². The van der Waals surface area contributed by atoms with Crippen molar-refractivity contribution in [2.75, 3.05) is 6.61 Å². The third-order valence-corrected chi connectivity index (χ3v) is 3.18. The first-order chi connectivity index (χ1) is 8.27. The molecule has 2 rings (SSSR count). The fourth-order valence-corrected chi connectivity index (χ4v) is 2.14. The third kappa shape index (κ3) is 3.04. The van der Waals surface area contributed by atoms with E-state index in [0.29, 0.717) is 12.4 Å². The highest BCUT2D eigenvalue weighted by molar-refractivity contribution is 7.09. The molecule has 0 amide bonds. The van der Waals surface area contributed by atoms with Gasteiger partial charge in [-0.15, -0.1) is 11.3 Å². The Morgan fingerprint density at radius 1 is 1.24 bits per heavy atom. The van der Waals surface area contributed by atoms with Crippen LogP contribution < -0.4 is 4.74 Å². The Hall–Kier alpha value is -1.88. The quantitative estimate of drug-likeness (QED) is 0.603. The van der Waals surface area contributed by atoms with E-state index < -0.39 is 4.92 Å². The van der Waals surface area contributed by atoms with E-state index >= 15 is 0 Å². The molecule has 0 fully saturated rings. The second-order valence-corrected chi connectivity index (χ2v) is 4.43. The van der Waals surface area contributed by atoms with Crippen molar-refractivity contribution < 1.29 is 9.66 Å². The summed E-state index contributed by atoms with van der Waals surface area (Å²) in [5.74, 6) is 0.328. The highest BCUT2D eigenvalue weighted by Crippen LogP contribution is 2.25. The van der Waals surface area contributed by atoms with E-state index in [2.05, 4.69) is 0 Å². The van der Waals surface area contributed by atoms with E-state index in [-0.39, 0.29) is 5.69 Å². The van der Waals surface area contributed by atoms with Gasteiger partial charge in [0.1, 0.15) is 0 Å². The number of thiophene rings is 1. The molecule has 1 heterocycles. The van der Waals surface area contributed by atoms with E-state index in [1.54, 1.807) is 29.5 Å². The monoisotopic (exact) mass is 249 g/mol. The van der Waals surface area contributed by atoms with Crippen molar-refractivity contribution in [3.05, 3.63) is 56.8 Å². The predicted molar refractivity (Wildman–Crippen MR) is 66.6 cm³/mol. The second kappa shape index (κ2) is 5.45. The Morgan fingerprint density at radius 2 is 2.06 bits per heavy atom. The Kier molecular flexibility index (Phi) is 3.72. The zero-order valence-electron chi connectivity index (χ0n) is 9.04.